The zero-order chi connectivity index (χ0) is 18.7. The molecule has 0 atom stereocenters. The number of hydrogen-bond acceptors (Lipinski definition) is 6. The Morgan fingerprint density at radius 2 is 1.92 bits per heavy atom. The second kappa shape index (κ2) is 7.20. The minimum Gasteiger partial charge on any atom is -0.352 e. The normalized spacial score (nSPS) is 11.5. The van der Waals surface area contributed by atoms with Crippen molar-refractivity contribution in [1.82, 2.24) is 25.1 Å². The summed E-state index contributed by atoms with van der Waals surface area (Å²) in [7, 11) is 0. The Morgan fingerprint density at radius 3 is 2.58 bits per heavy atom. The topological polar surface area (TPSA) is 101 Å². The second-order valence-electron chi connectivity index (χ2n) is 6.85. The summed E-state index contributed by atoms with van der Waals surface area (Å²) in [6, 6.07) is 7.51. The van der Waals surface area contributed by atoms with Crippen LogP contribution in [0, 0.1) is 0 Å². The zero-order valence-corrected chi connectivity index (χ0v) is 15.6. The van der Waals surface area contributed by atoms with Crippen LogP contribution in [0.15, 0.2) is 30.6 Å². The highest BCUT2D eigenvalue weighted by Gasteiger charge is 2.14. The van der Waals surface area contributed by atoms with Crippen molar-refractivity contribution in [3.8, 4) is 0 Å². The minimum absolute atomic E-state index is 0.0422. The molecule has 2 N–H and O–H groups in total. The summed E-state index contributed by atoms with van der Waals surface area (Å²) < 4.78 is 1.49. The van der Waals surface area contributed by atoms with Crippen molar-refractivity contribution in [3.05, 3.63) is 41.7 Å². The minimum atomic E-state index is -0.224. The predicted molar refractivity (Wildman–Crippen MR) is 99.4 cm³/mol. The van der Waals surface area contributed by atoms with Crippen molar-refractivity contribution in [2.24, 2.45) is 0 Å². The van der Waals surface area contributed by atoms with Crippen LogP contribution in [-0.4, -0.2) is 38.2 Å². The molecule has 8 nitrogen and oxygen atoms in total. The molecule has 0 aliphatic heterocycles. The van der Waals surface area contributed by atoms with E-state index >= 15 is 0 Å². The van der Waals surface area contributed by atoms with E-state index in [1.807, 2.05) is 12.1 Å². The molecule has 0 saturated carbocycles. The molecule has 2 aromatic heterocycles. The van der Waals surface area contributed by atoms with E-state index in [1.54, 1.807) is 12.1 Å². The summed E-state index contributed by atoms with van der Waals surface area (Å²) in [4.78, 5) is 24.7. The molecule has 0 aliphatic carbocycles. The number of carbonyl (C=O) groups is 2. The average Bonchev–Trinajstić information content (AvgIpc) is 3.15. The number of amides is 2. The molecular formula is C17H20N6O2S. The number of nitrogens with zero attached hydrogens (tertiary/aromatic N) is 4. The molecule has 136 valence electrons. The van der Waals surface area contributed by atoms with Crippen LogP contribution >= 0.6 is 11.3 Å². The van der Waals surface area contributed by atoms with Crippen molar-refractivity contribution < 1.29 is 9.59 Å². The third-order valence-corrected chi connectivity index (χ3v) is 4.61. The maximum atomic E-state index is 12.2. The van der Waals surface area contributed by atoms with Crippen LogP contribution in [0.25, 0.3) is 4.96 Å². The predicted octanol–water partition coefficient (Wildman–Crippen LogP) is 2.24. The van der Waals surface area contributed by atoms with E-state index < -0.39 is 0 Å². The van der Waals surface area contributed by atoms with Crippen LogP contribution in [0.5, 0.6) is 0 Å². The maximum absolute atomic E-state index is 12.2. The van der Waals surface area contributed by atoms with E-state index in [0.29, 0.717) is 15.7 Å². The van der Waals surface area contributed by atoms with Crippen molar-refractivity contribution >= 4 is 33.2 Å². The van der Waals surface area contributed by atoms with Crippen molar-refractivity contribution in [2.45, 2.75) is 32.6 Å². The van der Waals surface area contributed by atoms with Gasteiger partial charge in [-0.05, 0) is 23.1 Å². The van der Waals surface area contributed by atoms with Crippen LogP contribution in [0.1, 0.15) is 43.1 Å². The van der Waals surface area contributed by atoms with Crippen molar-refractivity contribution in [3.63, 3.8) is 0 Å². The Balaban J connectivity index is 1.47. The lowest BCUT2D eigenvalue weighted by Crippen LogP contribution is -2.27. The number of fused-ring (bicyclic) bond motifs is 1. The number of benzene rings is 1. The summed E-state index contributed by atoms with van der Waals surface area (Å²) in [5.74, 6) is -0.421. The molecule has 2 heterocycles. The zero-order valence-electron chi connectivity index (χ0n) is 14.8. The van der Waals surface area contributed by atoms with Gasteiger partial charge in [0.05, 0.1) is 0 Å². The van der Waals surface area contributed by atoms with Crippen molar-refractivity contribution in [1.29, 1.82) is 0 Å². The fraction of sp³-hybridized carbons (Fsp3) is 0.353. The number of carbonyl (C=O) groups excluding carboxylic acids is 2. The smallest absolute Gasteiger partial charge is 0.251 e. The van der Waals surface area contributed by atoms with E-state index in [0.717, 1.165) is 0 Å². The molecule has 0 fully saturated rings. The van der Waals surface area contributed by atoms with Gasteiger partial charge in [-0.15, -0.1) is 15.3 Å². The van der Waals surface area contributed by atoms with Gasteiger partial charge in [0.25, 0.3) is 5.91 Å². The maximum Gasteiger partial charge on any atom is 0.251 e. The molecule has 0 saturated heterocycles. The molecule has 0 spiro atoms. The van der Waals surface area contributed by atoms with Gasteiger partial charge in [0.1, 0.15) is 6.33 Å². The monoisotopic (exact) mass is 372 g/mol. The highest BCUT2D eigenvalue weighted by molar-refractivity contribution is 7.20. The van der Waals surface area contributed by atoms with E-state index in [2.05, 4.69) is 46.7 Å². The van der Waals surface area contributed by atoms with Gasteiger partial charge in [-0.2, -0.15) is 4.52 Å². The first-order chi connectivity index (χ1) is 12.3. The van der Waals surface area contributed by atoms with E-state index in [1.165, 1.54) is 27.7 Å². The van der Waals surface area contributed by atoms with Gasteiger partial charge in [-0.25, -0.2) is 0 Å². The average molecular weight is 372 g/mol. The van der Waals surface area contributed by atoms with Gasteiger partial charge >= 0.3 is 0 Å². The largest absolute Gasteiger partial charge is 0.352 e. The molecule has 3 rings (SSSR count). The summed E-state index contributed by atoms with van der Waals surface area (Å²) >= 11 is 1.23. The third-order valence-electron chi connectivity index (χ3n) is 3.78. The van der Waals surface area contributed by atoms with Gasteiger partial charge in [0.15, 0.2) is 0 Å². The first kappa shape index (κ1) is 18.0. The first-order valence-electron chi connectivity index (χ1n) is 8.18. The Morgan fingerprint density at radius 1 is 1.19 bits per heavy atom. The fourth-order valence-electron chi connectivity index (χ4n) is 2.31. The number of hydrogen-bond donors (Lipinski definition) is 2. The molecule has 9 heteroatoms. The Labute approximate surface area is 154 Å². The van der Waals surface area contributed by atoms with Crippen LogP contribution in [0.3, 0.4) is 0 Å². The highest BCUT2D eigenvalue weighted by atomic mass is 32.1. The Kier molecular flexibility index (Phi) is 4.99. The number of aromatic nitrogens is 4. The standard InChI is InChI=1S/C17H20N6O2S/c1-17(2,3)12-6-4-11(5-7-12)14(25)18-9-8-13(24)20-15-22-23-10-19-21-16(23)26-15/h4-7,10H,8-9H2,1-3H3,(H,18,25)(H,20,22,24). The quantitative estimate of drug-likeness (QED) is 0.715. The summed E-state index contributed by atoms with van der Waals surface area (Å²) in [5, 5.41) is 17.6. The highest BCUT2D eigenvalue weighted by Crippen LogP contribution is 2.22. The van der Waals surface area contributed by atoms with E-state index in [-0.39, 0.29) is 30.2 Å². The summed E-state index contributed by atoms with van der Waals surface area (Å²) in [6.45, 7) is 6.61. The number of rotatable bonds is 5. The Bertz CT molecular complexity index is 894. The molecule has 0 radical (unpaired) electrons. The molecule has 0 unspecified atom stereocenters. The second-order valence-corrected chi connectivity index (χ2v) is 7.80. The fourth-order valence-corrected chi connectivity index (χ4v) is 3.04. The molecular weight excluding hydrogens is 352 g/mol. The molecule has 26 heavy (non-hydrogen) atoms. The van der Waals surface area contributed by atoms with Gasteiger partial charge in [-0.1, -0.05) is 44.2 Å². The van der Waals surface area contributed by atoms with Gasteiger partial charge in [-0.3, -0.25) is 9.59 Å². The molecule has 0 bridgehead atoms. The van der Waals surface area contributed by atoms with Crippen LogP contribution in [-0.2, 0) is 10.2 Å². The van der Waals surface area contributed by atoms with E-state index in [9.17, 15) is 9.59 Å². The molecule has 1 aromatic carbocycles. The summed E-state index contributed by atoms with van der Waals surface area (Å²) in [5.41, 5.74) is 1.78. The Hall–Kier alpha value is -2.81. The van der Waals surface area contributed by atoms with Gasteiger partial charge in [0.2, 0.25) is 16.0 Å². The van der Waals surface area contributed by atoms with Crippen LogP contribution in [0.4, 0.5) is 5.13 Å². The van der Waals surface area contributed by atoms with Crippen molar-refractivity contribution in [2.75, 3.05) is 11.9 Å². The molecule has 3 aromatic rings. The van der Waals surface area contributed by atoms with Gasteiger partial charge in [0, 0.05) is 18.5 Å². The first-order valence-corrected chi connectivity index (χ1v) is 9.00. The molecule has 2 amide bonds. The lowest BCUT2D eigenvalue weighted by molar-refractivity contribution is -0.116. The molecule has 0 aliphatic rings. The van der Waals surface area contributed by atoms with E-state index in [4.69, 9.17) is 0 Å². The lowest BCUT2D eigenvalue weighted by Gasteiger charge is -2.19. The number of nitrogens with one attached hydrogen (secondary N) is 2. The third kappa shape index (κ3) is 4.23. The van der Waals surface area contributed by atoms with Crippen LogP contribution in [0.2, 0.25) is 0 Å². The van der Waals surface area contributed by atoms with Gasteiger partial charge < -0.3 is 10.6 Å². The lowest BCUT2D eigenvalue weighted by atomic mass is 9.87. The summed E-state index contributed by atoms with van der Waals surface area (Å²) in [6.07, 6.45) is 1.62. The SMILES string of the molecule is CC(C)(C)c1ccc(C(=O)NCCC(=O)Nc2nn3cnnc3s2)cc1. The number of anilines is 1. The van der Waals surface area contributed by atoms with Crippen LogP contribution < -0.4 is 10.6 Å².